The second kappa shape index (κ2) is 4.53. The largest absolute Gasteiger partial charge is 0.432 e. The van der Waals surface area contributed by atoms with E-state index in [1.54, 1.807) is 13.0 Å². The number of nitrogens with zero attached hydrogens (tertiary/aromatic N) is 2. The Hall–Kier alpha value is -0.545. The Morgan fingerprint density at radius 1 is 1.67 bits per heavy atom. The number of hydrogen-bond donors (Lipinski definition) is 1. The third kappa shape index (κ3) is 2.95. The fourth-order valence-corrected chi connectivity index (χ4v) is 1.89. The van der Waals surface area contributed by atoms with Crippen LogP contribution < -0.4 is 4.81 Å². The summed E-state index contributed by atoms with van der Waals surface area (Å²) in [4.78, 5) is 6.22. The Labute approximate surface area is 98.8 Å². The van der Waals surface area contributed by atoms with Crippen molar-refractivity contribution in [3.63, 3.8) is 0 Å². The van der Waals surface area contributed by atoms with Crippen LogP contribution in [0, 0.1) is 5.92 Å². The molecule has 5 heteroatoms. The first-order chi connectivity index (χ1) is 7.16. The fourth-order valence-electron chi connectivity index (χ4n) is 1.57. The van der Waals surface area contributed by atoms with Crippen LogP contribution in [0.25, 0.3) is 0 Å². The number of rotatable bonds is 4. The van der Waals surface area contributed by atoms with E-state index in [1.165, 1.54) is 12.8 Å². The lowest BCUT2D eigenvalue weighted by molar-refractivity contribution is 0.564. The van der Waals surface area contributed by atoms with Crippen molar-refractivity contribution in [2.45, 2.75) is 19.7 Å². The van der Waals surface area contributed by atoms with Crippen molar-refractivity contribution >= 4 is 28.8 Å². The van der Waals surface area contributed by atoms with Gasteiger partial charge in [-0.3, -0.25) is 0 Å². The van der Waals surface area contributed by atoms with Crippen molar-refractivity contribution in [3.05, 3.63) is 22.8 Å². The molecule has 1 aromatic heterocycles. The summed E-state index contributed by atoms with van der Waals surface area (Å²) < 4.78 is 0.994. The minimum atomic E-state index is -0.479. The molecule has 2 rings (SSSR count). The molecule has 80 valence electrons. The molecule has 0 radical (unpaired) electrons. The highest BCUT2D eigenvalue weighted by Gasteiger charge is 2.28. The molecule has 15 heavy (non-hydrogen) atoms. The molecule has 3 nitrogen and oxygen atoms in total. The van der Waals surface area contributed by atoms with Crippen LogP contribution in [0.3, 0.4) is 0 Å². The molecule has 0 spiro atoms. The van der Waals surface area contributed by atoms with Crippen LogP contribution in [0.15, 0.2) is 22.8 Å². The Morgan fingerprint density at radius 3 is 2.93 bits per heavy atom. The van der Waals surface area contributed by atoms with E-state index in [0.29, 0.717) is 0 Å². The van der Waals surface area contributed by atoms with E-state index in [4.69, 9.17) is 0 Å². The summed E-state index contributed by atoms with van der Waals surface area (Å²) in [5, 5.41) is 9.70. The molecule has 1 fully saturated rings. The highest BCUT2D eigenvalue weighted by molar-refractivity contribution is 9.10. The van der Waals surface area contributed by atoms with Crippen LogP contribution >= 0.6 is 15.9 Å². The first kappa shape index (κ1) is 11.0. The minimum absolute atomic E-state index is 0.479. The molecule has 0 atom stereocenters. The summed E-state index contributed by atoms with van der Waals surface area (Å²) in [7, 11) is -0.479. The monoisotopic (exact) mass is 268 g/mol. The lowest BCUT2D eigenvalue weighted by atomic mass is 9.84. The zero-order chi connectivity index (χ0) is 10.8. The topological polar surface area (TPSA) is 36.4 Å². The second-order valence-corrected chi connectivity index (χ2v) is 4.98. The summed E-state index contributed by atoms with van der Waals surface area (Å²) in [5.41, 5.74) is 0. The highest BCUT2D eigenvalue weighted by Crippen LogP contribution is 2.31. The molecule has 1 aliphatic rings. The smallest absolute Gasteiger partial charge is 0.410 e. The SMILES string of the molecule is CB(O)N(CC1CC1)c1cc(Br)ccn1. The van der Waals surface area contributed by atoms with Crippen molar-refractivity contribution in [2.24, 2.45) is 5.92 Å². The molecular formula is C10H14BBrN2O. The van der Waals surface area contributed by atoms with Crippen molar-refractivity contribution in [2.75, 3.05) is 11.4 Å². The Bertz CT molecular complexity index is 344. The molecule has 0 saturated heterocycles. The van der Waals surface area contributed by atoms with Crippen LogP contribution in [0.5, 0.6) is 0 Å². The molecule has 1 heterocycles. The molecule has 1 aliphatic carbocycles. The van der Waals surface area contributed by atoms with Crippen molar-refractivity contribution in [1.82, 2.24) is 4.98 Å². The van der Waals surface area contributed by atoms with E-state index in [0.717, 1.165) is 22.8 Å². The van der Waals surface area contributed by atoms with Gasteiger partial charge in [-0.2, -0.15) is 0 Å². The van der Waals surface area contributed by atoms with Gasteiger partial charge < -0.3 is 9.83 Å². The van der Waals surface area contributed by atoms with Gasteiger partial charge in [0.05, 0.1) is 0 Å². The molecule has 1 aromatic rings. The average molecular weight is 269 g/mol. The number of pyridine rings is 1. The third-order valence-electron chi connectivity index (χ3n) is 2.60. The van der Waals surface area contributed by atoms with Crippen LogP contribution in [0.2, 0.25) is 6.82 Å². The lowest BCUT2D eigenvalue weighted by Crippen LogP contribution is -2.39. The van der Waals surface area contributed by atoms with E-state index < -0.39 is 7.05 Å². The number of anilines is 1. The Balaban J connectivity index is 2.15. The normalized spacial score (nSPS) is 15.1. The van der Waals surface area contributed by atoms with Crippen LogP contribution in [0.1, 0.15) is 12.8 Å². The van der Waals surface area contributed by atoms with Crippen molar-refractivity contribution in [1.29, 1.82) is 0 Å². The summed E-state index contributed by atoms with van der Waals surface area (Å²) in [6.07, 6.45) is 4.30. The Kier molecular flexibility index (Phi) is 3.31. The molecule has 0 aromatic carbocycles. The fraction of sp³-hybridized carbons (Fsp3) is 0.500. The summed E-state index contributed by atoms with van der Waals surface area (Å²) >= 11 is 3.41. The van der Waals surface area contributed by atoms with E-state index in [9.17, 15) is 5.02 Å². The molecular weight excluding hydrogens is 255 g/mol. The van der Waals surface area contributed by atoms with E-state index >= 15 is 0 Å². The zero-order valence-corrected chi connectivity index (χ0v) is 10.3. The maximum Gasteiger partial charge on any atom is 0.410 e. The summed E-state index contributed by atoms with van der Waals surface area (Å²) in [6.45, 7) is 2.69. The Morgan fingerprint density at radius 2 is 2.40 bits per heavy atom. The number of hydrogen-bond acceptors (Lipinski definition) is 3. The minimum Gasteiger partial charge on any atom is -0.432 e. The van der Waals surface area contributed by atoms with Gasteiger partial charge in [0.1, 0.15) is 5.82 Å². The lowest BCUT2D eigenvalue weighted by Gasteiger charge is -2.24. The highest BCUT2D eigenvalue weighted by atomic mass is 79.9. The summed E-state index contributed by atoms with van der Waals surface area (Å²) in [6, 6.07) is 3.83. The standard InChI is InChI=1S/C10H14BBrN2O/c1-11(15)14(7-8-2-3-8)10-6-9(12)4-5-13-10/h4-6,8,15H,2-3,7H2,1H3. The van der Waals surface area contributed by atoms with Gasteiger partial charge in [-0.1, -0.05) is 15.9 Å². The first-order valence-electron chi connectivity index (χ1n) is 5.23. The predicted molar refractivity (Wildman–Crippen MR) is 65.8 cm³/mol. The van der Waals surface area contributed by atoms with E-state index in [-0.39, 0.29) is 0 Å². The van der Waals surface area contributed by atoms with Gasteiger partial charge in [-0.25, -0.2) is 4.98 Å². The van der Waals surface area contributed by atoms with Crippen LogP contribution in [-0.4, -0.2) is 23.6 Å². The van der Waals surface area contributed by atoms with Crippen LogP contribution in [-0.2, 0) is 0 Å². The zero-order valence-electron chi connectivity index (χ0n) is 8.73. The quantitative estimate of drug-likeness (QED) is 0.851. The van der Waals surface area contributed by atoms with Gasteiger partial charge >= 0.3 is 7.05 Å². The molecule has 0 amide bonds. The predicted octanol–water partition coefficient (Wildman–Crippen LogP) is 2.17. The van der Waals surface area contributed by atoms with Gasteiger partial charge in [-0.15, -0.1) is 0 Å². The maximum absolute atomic E-state index is 9.70. The van der Waals surface area contributed by atoms with Gasteiger partial charge in [0.25, 0.3) is 0 Å². The molecule has 1 saturated carbocycles. The molecule has 0 unspecified atom stereocenters. The second-order valence-electron chi connectivity index (χ2n) is 4.06. The van der Waals surface area contributed by atoms with Crippen molar-refractivity contribution < 1.29 is 5.02 Å². The molecule has 0 bridgehead atoms. The van der Waals surface area contributed by atoms with Crippen molar-refractivity contribution in [3.8, 4) is 0 Å². The molecule has 0 aliphatic heterocycles. The first-order valence-corrected chi connectivity index (χ1v) is 6.02. The maximum atomic E-state index is 9.70. The van der Waals surface area contributed by atoms with Gasteiger partial charge in [0.15, 0.2) is 0 Å². The molecule has 1 N–H and O–H groups in total. The number of aromatic nitrogens is 1. The third-order valence-corrected chi connectivity index (χ3v) is 3.10. The van der Waals surface area contributed by atoms with Crippen LogP contribution in [0.4, 0.5) is 5.82 Å². The number of halogens is 1. The van der Waals surface area contributed by atoms with E-state index in [2.05, 4.69) is 20.9 Å². The van der Waals surface area contributed by atoms with E-state index in [1.807, 2.05) is 16.9 Å². The average Bonchev–Trinajstić information content (AvgIpc) is 2.97. The summed E-state index contributed by atoms with van der Waals surface area (Å²) in [5.74, 6) is 1.58. The van der Waals surface area contributed by atoms with Gasteiger partial charge in [-0.05, 0) is 37.7 Å². The van der Waals surface area contributed by atoms with Gasteiger partial charge in [0, 0.05) is 17.2 Å². The van der Waals surface area contributed by atoms with Gasteiger partial charge in [0.2, 0.25) is 0 Å².